The van der Waals surface area contributed by atoms with Crippen molar-refractivity contribution >= 4 is 22.4 Å². The van der Waals surface area contributed by atoms with Crippen molar-refractivity contribution in [3.8, 4) is 11.4 Å². The molecule has 35 heavy (non-hydrogen) atoms. The number of aromatic nitrogens is 4. The van der Waals surface area contributed by atoms with Crippen LogP contribution in [0.25, 0.3) is 27.9 Å². The lowest BCUT2D eigenvalue weighted by molar-refractivity contribution is 0.715. The van der Waals surface area contributed by atoms with Gasteiger partial charge in [-0.05, 0) is 41.8 Å². The maximum Gasteiger partial charge on any atom is 0.163 e. The third kappa shape index (κ3) is 4.49. The van der Waals surface area contributed by atoms with Gasteiger partial charge in [0.25, 0.3) is 0 Å². The summed E-state index contributed by atoms with van der Waals surface area (Å²) in [5.41, 5.74) is 5.41. The second-order valence-corrected chi connectivity index (χ2v) is 8.70. The van der Waals surface area contributed by atoms with E-state index in [9.17, 15) is 0 Å². The Hall–Kier alpha value is -4.51. The molecule has 3 aromatic carbocycles. The molecule has 1 N–H and O–H groups in total. The van der Waals surface area contributed by atoms with Crippen molar-refractivity contribution in [2.24, 2.45) is 0 Å². The fourth-order valence-corrected chi connectivity index (χ4v) is 4.54. The molecule has 0 saturated carbocycles. The molecule has 0 radical (unpaired) electrons. The van der Waals surface area contributed by atoms with Gasteiger partial charge in [0.2, 0.25) is 0 Å². The van der Waals surface area contributed by atoms with Crippen LogP contribution in [0.5, 0.6) is 0 Å². The van der Waals surface area contributed by atoms with Gasteiger partial charge in [-0.1, -0.05) is 72.8 Å². The Morgan fingerprint density at radius 1 is 0.771 bits per heavy atom. The molecule has 5 heteroatoms. The second kappa shape index (κ2) is 9.39. The van der Waals surface area contributed by atoms with E-state index in [2.05, 4.69) is 77.0 Å². The van der Waals surface area contributed by atoms with Gasteiger partial charge in [0.05, 0.1) is 5.52 Å². The normalized spacial score (nSPS) is 12.1. The van der Waals surface area contributed by atoms with Crippen LogP contribution in [0.15, 0.2) is 116 Å². The van der Waals surface area contributed by atoms with Gasteiger partial charge in [0.1, 0.15) is 11.5 Å². The van der Waals surface area contributed by atoms with Gasteiger partial charge in [-0.3, -0.25) is 0 Å². The van der Waals surface area contributed by atoms with Crippen molar-refractivity contribution in [1.29, 1.82) is 0 Å². The van der Waals surface area contributed by atoms with E-state index < -0.39 is 0 Å². The molecule has 1 unspecified atom stereocenters. The summed E-state index contributed by atoms with van der Waals surface area (Å²) in [6.07, 6.45) is 6.71. The number of fused-ring (bicyclic) bond motifs is 2. The average Bonchev–Trinajstić information content (AvgIpc) is 3.40. The summed E-state index contributed by atoms with van der Waals surface area (Å²) in [6, 6.07) is 33.6. The number of hydrogen-bond donors (Lipinski definition) is 1. The molecule has 6 rings (SSSR count). The van der Waals surface area contributed by atoms with Crippen LogP contribution < -0.4 is 5.32 Å². The molecule has 0 aliphatic carbocycles. The predicted octanol–water partition coefficient (Wildman–Crippen LogP) is 6.38. The van der Waals surface area contributed by atoms with Crippen molar-refractivity contribution in [2.45, 2.75) is 12.3 Å². The van der Waals surface area contributed by atoms with Gasteiger partial charge in [0.15, 0.2) is 5.82 Å². The van der Waals surface area contributed by atoms with E-state index in [4.69, 9.17) is 9.97 Å². The lowest BCUT2D eigenvalue weighted by Gasteiger charge is -2.20. The van der Waals surface area contributed by atoms with Crippen molar-refractivity contribution in [3.63, 3.8) is 0 Å². The third-order valence-electron chi connectivity index (χ3n) is 6.36. The van der Waals surface area contributed by atoms with Crippen LogP contribution in [0.2, 0.25) is 0 Å². The van der Waals surface area contributed by atoms with Gasteiger partial charge >= 0.3 is 0 Å². The molecular formula is C30H25N5. The van der Waals surface area contributed by atoms with Gasteiger partial charge in [-0.2, -0.15) is 0 Å². The summed E-state index contributed by atoms with van der Waals surface area (Å²) in [6.45, 7) is 0.764. The molecule has 0 fully saturated rings. The molecule has 0 bridgehead atoms. The molecule has 0 amide bonds. The number of pyridine rings is 1. The Morgan fingerprint density at radius 3 is 2.40 bits per heavy atom. The van der Waals surface area contributed by atoms with Crippen LogP contribution in [0, 0.1) is 0 Å². The van der Waals surface area contributed by atoms with Crippen molar-refractivity contribution in [3.05, 3.63) is 127 Å². The molecule has 0 spiro atoms. The Labute approximate surface area is 204 Å². The minimum absolute atomic E-state index is 0.304. The van der Waals surface area contributed by atoms with E-state index in [0.717, 1.165) is 40.9 Å². The molecule has 3 heterocycles. The fourth-order valence-electron chi connectivity index (χ4n) is 4.54. The first-order valence-electron chi connectivity index (χ1n) is 11.9. The molecule has 1 atom stereocenters. The summed E-state index contributed by atoms with van der Waals surface area (Å²) in [4.78, 5) is 14.2. The number of anilines is 1. The highest BCUT2D eigenvalue weighted by Gasteiger charge is 2.15. The molecule has 6 aromatic rings. The molecule has 0 aliphatic heterocycles. The van der Waals surface area contributed by atoms with Crippen LogP contribution in [0.1, 0.15) is 17.0 Å². The Kier molecular flexibility index (Phi) is 5.65. The zero-order valence-electron chi connectivity index (χ0n) is 19.3. The van der Waals surface area contributed by atoms with Gasteiger partial charge < -0.3 is 9.72 Å². The van der Waals surface area contributed by atoms with E-state index in [1.165, 1.54) is 11.1 Å². The number of nitrogens with one attached hydrogen (secondary N) is 1. The predicted molar refractivity (Wildman–Crippen MR) is 142 cm³/mol. The van der Waals surface area contributed by atoms with E-state index in [-0.39, 0.29) is 0 Å². The highest BCUT2D eigenvalue weighted by atomic mass is 15.0. The number of hydrogen-bond acceptors (Lipinski definition) is 4. The quantitative estimate of drug-likeness (QED) is 0.303. The number of rotatable bonds is 7. The maximum atomic E-state index is 4.98. The SMILES string of the molecule is c1ccc(CC(CNc2nc(-c3ccc4nccn4c3)nc3ccccc23)c2ccccc2)cc1. The van der Waals surface area contributed by atoms with Crippen molar-refractivity contribution in [1.82, 2.24) is 19.4 Å². The topological polar surface area (TPSA) is 55.1 Å². The largest absolute Gasteiger partial charge is 0.369 e. The Balaban J connectivity index is 1.35. The van der Waals surface area contributed by atoms with Gasteiger partial charge in [0, 0.05) is 42.0 Å². The molecule has 5 nitrogen and oxygen atoms in total. The highest BCUT2D eigenvalue weighted by molar-refractivity contribution is 5.90. The minimum Gasteiger partial charge on any atom is -0.369 e. The Morgan fingerprint density at radius 2 is 1.54 bits per heavy atom. The van der Waals surface area contributed by atoms with Crippen LogP contribution in [-0.4, -0.2) is 25.9 Å². The molecular weight excluding hydrogens is 430 g/mol. The van der Waals surface area contributed by atoms with Crippen molar-refractivity contribution < 1.29 is 0 Å². The summed E-state index contributed by atoms with van der Waals surface area (Å²) >= 11 is 0. The lowest BCUT2D eigenvalue weighted by atomic mass is 9.92. The summed E-state index contributed by atoms with van der Waals surface area (Å²) in [5.74, 6) is 1.85. The summed E-state index contributed by atoms with van der Waals surface area (Å²) in [7, 11) is 0. The first-order chi connectivity index (χ1) is 17.3. The number of para-hydroxylation sites is 1. The fraction of sp³-hybridized carbons (Fsp3) is 0.100. The van der Waals surface area contributed by atoms with E-state index in [1.807, 2.05) is 47.1 Å². The lowest BCUT2D eigenvalue weighted by Crippen LogP contribution is -2.16. The third-order valence-corrected chi connectivity index (χ3v) is 6.36. The summed E-state index contributed by atoms with van der Waals surface area (Å²) in [5, 5.41) is 4.70. The maximum absolute atomic E-state index is 4.98. The molecule has 170 valence electrons. The van der Waals surface area contributed by atoms with Crippen LogP contribution in [0.4, 0.5) is 5.82 Å². The van der Waals surface area contributed by atoms with E-state index in [1.54, 1.807) is 6.20 Å². The van der Waals surface area contributed by atoms with E-state index in [0.29, 0.717) is 11.7 Å². The van der Waals surface area contributed by atoms with Gasteiger partial charge in [-0.15, -0.1) is 0 Å². The molecule has 0 saturated heterocycles. The second-order valence-electron chi connectivity index (χ2n) is 8.70. The van der Waals surface area contributed by atoms with Crippen LogP contribution >= 0.6 is 0 Å². The van der Waals surface area contributed by atoms with Gasteiger partial charge in [-0.25, -0.2) is 15.0 Å². The Bertz CT molecular complexity index is 1570. The summed E-state index contributed by atoms with van der Waals surface area (Å²) < 4.78 is 1.99. The first-order valence-corrected chi connectivity index (χ1v) is 11.9. The smallest absolute Gasteiger partial charge is 0.163 e. The molecule has 3 aromatic heterocycles. The van der Waals surface area contributed by atoms with Crippen molar-refractivity contribution in [2.75, 3.05) is 11.9 Å². The molecule has 0 aliphatic rings. The average molecular weight is 456 g/mol. The number of benzene rings is 3. The minimum atomic E-state index is 0.304. The zero-order valence-corrected chi connectivity index (χ0v) is 19.3. The zero-order chi connectivity index (χ0) is 23.5. The number of nitrogens with zero attached hydrogens (tertiary/aromatic N) is 4. The number of imidazole rings is 1. The van der Waals surface area contributed by atoms with Crippen LogP contribution in [-0.2, 0) is 6.42 Å². The monoisotopic (exact) mass is 455 g/mol. The highest BCUT2D eigenvalue weighted by Crippen LogP contribution is 2.27. The first kappa shape index (κ1) is 21.1. The standard InChI is InChI=1S/C30H25N5/c1-3-9-22(10-4-1)19-25(23-11-5-2-6-12-23)20-32-30-26-13-7-8-14-27(26)33-29(34-30)24-15-16-28-31-17-18-35(28)21-24/h1-18,21,25H,19-20H2,(H,32,33,34). The van der Waals surface area contributed by atoms with E-state index >= 15 is 0 Å². The van der Waals surface area contributed by atoms with Crippen LogP contribution in [0.3, 0.4) is 0 Å².